The van der Waals surface area contributed by atoms with Crippen molar-refractivity contribution in [3.05, 3.63) is 64.9 Å². The lowest BCUT2D eigenvalue weighted by atomic mass is 10.1. The van der Waals surface area contributed by atoms with Crippen LogP contribution in [0.5, 0.6) is 5.75 Å². The van der Waals surface area contributed by atoms with Gasteiger partial charge in [-0.25, -0.2) is 4.39 Å². The zero-order valence-electron chi connectivity index (χ0n) is 11.8. The minimum Gasteiger partial charge on any atom is -0.476 e. The Bertz CT molecular complexity index is 674. The smallest absolute Gasteiger partial charge is 0.266 e. The molecule has 22 heavy (non-hydrogen) atoms. The van der Waals surface area contributed by atoms with Crippen LogP contribution in [0.1, 0.15) is 24.5 Å². The molecular formula is C17H15ClFNO2. The van der Waals surface area contributed by atoms with Crippen LogP contribution in [0.15, 0.2) is 48.5 Å². The fourth-order valence-electron chi connectivity index (χ4n) is 2.09. The maximum absolute atomic E-state index is 13.2. The van der Waals surface area contributed by atoms with E-state index in [1.165, 1.54) is 18.2 Å². The van der Waals surface area contributed by atoms with Crippen molar-refractivity contribution in [3.63, 3.8) is 0 Å². The number of ether oxygens (including phenoxy) is 1. The Balaban J connectivity index is 1.83. The van der Waals surface area contributed by atoms with Gasteiger partial charge >= 0.3 is 0 Å². The van der Waals surface area contributed by atoms with Gasteiger partial charge in [-0.1, -0.05) is 41.9 Å². The quantitative estimate of drug-likeness (QED) is 0.908. The zero-order chi connectivity index (χ0) is 15.5. The molecule has 1 unspecified atom stereocenters. The number of rotatable bonds is 5. The van der Waals surface area contributed by atoms with Crippen molar-refractivity contribution in [2.45, 2.75) is 25.0 Å². The van der Waals surface area contributed by atoms with Gasteiger partial charge in [-0.3, -0.25) is 4.79 Å². The third kappa shape index (κ3) is 3.57. The number of benzene rings is 2. The average molecular weight is 320 g/mol. The highest BCUT2D eigenvalue weighted by atomic mass is 35.5. The zero-order valence-corrected chi connectivity index (χ0v) is 12.5. The monoisotopic (exact) mass is 319 g/mol. The second kappa shape index (κ2) is 6.36. The van der Waals surface area contributed by atoms with Gasteiger partial charge in [-0.2, -0.15) is 0 Å². The maximum Gasteiger partial charge on any atom is 0.266 e. The van der Waals surface area contributed by atoms with E-state index in [1.807, 2.05) is 30.3 Å². The summed E-state index contributed by atoms with van der Waals surface area (Å²) in [7, 11) is 0. The van der Waals surface area contributed by atoms with Gasteiger partial charge < -0.3 is 10.1 Å². The van der Waals surface area contributed by atoms with Gasteiger partial charge in [0.1, 0.15) is 11.6 Å². The Morgan fingerprint density at radius 2 is 1.95 bits per heavy atom. The van der Waals surface area contributed by atoms with Crippen LogP contribution >= 0.6 is 11.6 Å². The standard InChI is InChI=1S/C17H15ClFNO2/c18-14-10-13(8-9-15(14)19)22-16(11-4-2-1-3-5-11)17(21)20-12-6-7-12/h1-5,8-10,12,16H,6-7H2,(H,20,21). The van der Waals surface area contributed by atoms with E-state index in [1.54, 1.807) is 0 Å². The first-order valence-electron chi connectivity index (χ1n) is 7.10. The summed E-state index contributed by atoms with van der Waals surface area (Å²) in [6.45, 7) is 0. The van der Waals surface area contributed by atoms with Crippen LogP contribution in [-0.4, -0.2) is 11.9 Å². The molecule has 1 aliphatic rings. The van der Waals surface area contributed by atoms with Gasteiger partial charge in [0.2, 0.25) is 6.10 Å². The molecule has 1 N–H and O–H groups in total. The number of carbonyl (C=O) groups excluding carboxylic acids is 1. The third-order valence-electron chi connectivity index (χ3n) is 3.41. The van der Waals surface area contributed by atoms with Gasteiger partial charge in [-0.15, -0.1) is 0 Å². The molecule has 1 saturated carbocycles. The molecule has 5 heteroatoms. The lowest BCUT2D eigenvalue weighted by molar-refractivity contribution is -0.128. The van der Waals surface area contributed by atoms with Gasteiger partial charge in [0, 0.05) is 17.7 Å². The molecule has 1 amide bonds. The molecule has 0 spiro atoms. The van der Waals surface area contributed by atoms with E-state index in [0.717, 1.165) is 18.4 Å². The topological polar surface area (TPSA) is 38.3 Å². The normalized spacial score (nSPS) is 15.2. The summed E-state index contributed by atoms with van der Waals surface area (Å²) in [5.74, 6) is -0.368. The molecule has 0 aromatic heterocycles. The number of halogens is 2. The highest BCUT2D eigenvalue weighted by Crippen LogP contribution is 2.27. The minimum absolute atomic E-state index is 0.0353. The molecule has 2 aromatic carbocycles. The second-order valence-corrected chi connectivity index (χ2v) is 5.67. The summed E-state index contributed by atoms with van der Waals surface area (Å²) >= 11 is 5.76. The summed E-state index contributed by atoms with van der Waals surface area (Å²) < 4.78 is 19.0. The Labute approximate surface area is 133 Å². The third-order valence-corrected chi connectivity index (χ3v) is 3.70. The van der Waals surface area contributed by atoms with Crippen LogP contribution in [0.4, 0.5) is 4.39 Å². The largest absolute Gasteiger partial charge is 0.476 e. The highest BCUT2D eigenvalue weighted by Gasteiger charge is 2.29. The molecule has 0 bridgehead atoms. The highest BCUT2D eigenvalue weighted by molar-refractivity contribution is 6.30. The molecule has 0 aliphatic heterocycles. The fourth-order valence-corrected chi connectivity index (χ4v) is 2.26. The van der Waals surface area contributed by atoms with E-state index >= 15 is 0 Å². The number of hydrogen-bond donors (Lipinski definition) is 1. The predicted octanol–water partition coefficient (Wildman–Crippen LogP) is 3.88. The SMILES string of the molecule is O=C(NC1CC1)C(Oc1ccc(F)c(Cl)c1)c1ccccc1. The van der Waals surface area contributed by atoms with Crippen molar-refractivity contribution in [1.82, 2.24) is 5.32 Å². The number of amides is 1. The first-order chi connectivity index (χ1) is 10.6. The maximum atomic E-state index is 13.2. The van der Waals surface area contributed by atoms with E-state index in [4.69, 9.17) is 16.3 Å². The van der Waals surface area contributed by atoms with Gasteiger partial charge in [0.05, 0.1) is 5.02 Å². The Hall–Kier alpha value is -2.07. The Morgan fingerprint density at radius 1 is 1.23 bits per heavy atom. The van der Waals surface area contributed by atoms with Gasteiger partial charge in [0.25, 0.3) is 5.91 Å². The van der Waals surface area contributed by atoms with Gasteiger partial charge in [0.15, 0.2) is 0 Å². The van der Waals surface area contributed by atoms with Crippen LogP contribution in [0.3, 0.4) is 0 Å². The number of nitrogens with one attached hydrogen (secondary N) is 1. The lowest BCUT2D eigenvalue weighted by Gasteiger charge is -2.19. The average Bonchev–Trinajstić information content (AvgIpc) is 3.33. The first kappa shape index (κ1) is 14.9. The van der Waals surface area contributed by atoms with Crippen molar-refractivity contribution in [3.8, 4) is 5.75 Å². The van der Waals surface area contributed by atoms with E-state index in [2.05, 4.69) is 5.32 Å². The molecule has 3 nitrogen and oxygen atoms in total. The van der Waals surface area contributed by atoms with Crippen molar-refractivity contribution < 1.29 is 13.9 Å². The van der Waals surface area contributed by atoms with Crippen LogP contribution < -0.4 is 10.1 Å². The summed E-state index contributed by atoms with van der Waals surface area (Å²) in [5, 5.41) is 2.89. The van der Waals surface area contributed by atoms with Crippen molar-refractivity contribution in [2.24, 2.45) is 0 Å². The van der Waals surface area contributed by atoms with Crippen molar-refractivity contribution in [2.75, 3.05) is 0 Å². The van der Waals surface area contributed by atoms with Crippen LogP contribution in [0.25, 0.3) is 0 Å². The van der Waals surface area contributed by atoms with E-state index in [0.29, 0.717) is 5.75 Å². The van der Waals surface area contributed by atoms with Crippen LogP contribution in [0.2, 0.25) is 5.02 Å². The molecule has 1 atom stereocenters. The molecule has 0 radical (unpaired) electrons. The summed E-state index contributed by atoms with van der Waals surface area (Å²) in [6.07, 6.45) is 1.20. The van der Waals surface area contributed by atoms with E-state index < -0.39 is 11.9 Å². The molecule has 2 aromatic rings. The lowest BCUT2D eigenvalue weighted by Crippen LogP contribution is -2.33. The van der Waals surface area contributed by atoms with Crippen molar-refractivity contribution >= 4 is 17.5 Å². The van der Waals surface area contributed by atoms with E-state index in [9.17, 15) is 9.18 Å². The van der Waals surface area contributed by atoms with Gasteiger partial charge in [-0.05, 0) is 25.0 Å². The van der Waals surface area contributed by atoms with Crippen molar-refractivity contribution in [1.29, 1.82) is 0 Å². The second-order valence-electron chi connectivity index (χ2n) is 5.27. The summed E-state index contributed by atoms with van der Waals surface area (Å²) in [4.78, 5) is 12.4. The molecule has 114 valence electrons. The number of carbonyl (C=O) groups is 1. The van der Waals surface area contributed by atoms with Crippen LogP contribution in [0, 0.1) is 5.82 Å². The molecule has 1 fully saturated rings. The minimum atomic E-state index is -0.789. The molecular weight excluding hydrogens is 305 g/mol. The molecule has 1 aliphatic carbocycles. The van der Waals surface area contributed by atoms with Crippen LogP contribution in [-0.2, 0) is 4.79 Å². The molecule has 0 heterocycles. The van der Waals surface area contributed by atoms with E-state index in [-0.39, 0.29) is 17.0 Å². The molecule has 3 rings (SSSR count). The number of hydrogen-bond acceptors (Lipinski definition) is 2. The predicted molar refractivity (Wildman–Crippen MR) is 82.4 cm³/mol. The fraction of sp³-hybridized carbons (Fsp3) is 0.235. The summed E-state index contributed by atoms with van der Waals surface area (Å²) in [5.41, 5.74) is 0.737. The Kier molecular flexibility index (Phi) is 4.29. The first-order valence-corrected chi connectivity index (χ1v) is 7.48. The Morgan fingerprint density at radius 3 is 2.59 bits per heavy atom. The molecule has 0 saturated heterocycles. The summed E-state index contributed by atoms with van der Waals surface area (Å²) in [6, 6.07) is 13.5.